The molecule has 0 atom stereocenters. The van der Waals surface area contributed by atoms with E-state index in [0.717, 1.165) is 15.4 Å². The van der Waals surface area contributed by atoms with Gasteiger partial charge in [-0.1, -0.05) is 0 Å². The number of amides is 2. The zero-order valence-corrected chi connectivity index (χ0v) is 14.7. The topological polar surface area (TPSA) is 180 Å². The predicted molar refractivity (Wildman–Crippen MR) is 86.5 cm³/mol. The van der Waals surface area contributed by atoms with Crippen LogP contribution < -0.4 is 10.9 Å². The summed E-state index contributed by atoms with van der Waals surface area (Å²) in [5, 5.41) is 28.5. The Morgan fingerprint density at radius 2 is 1.77 bits per heavy atom. The van der Waals surface area contributed by atoms with Gasteiger partial charge in [0.05, 0.1) is 28.2 Å². The van der Waals surface area contributed by atoms with E-state index in [9.17, 15) is 29.8 Å². The molecule has 0 aromatic carbocycles. The first-order valence-corrected chi connectivity index (χ1v) is 7.61. The summed E-state index contributed by atoms with van der Waals surface area (Å²) in [7, 11) is 0. The minimum absolute atomic E-state index is 0.152. The van der Waals surface area contributed by atoms with Crippen molar-refractivity contribution in [3.05, 3.63) is 42.7 Å². The quantitative estimate of drug-likeness (QED) is 0.466. The largest absolute Gasteiger partial charge is 0.404 e. The van der Waals surface area contributed by atoms with Crippen molar-refractivity contribution in [1.82, 2.24) is 30.4 Å². The van der Waals surface area contributed by atoms with Crippen molar-refractivity contribution in [3.8, 4) is 0 Å². The average molecular weight is 431 g/mol. The van der Waals surface area contributed by atoms with Crippen molar-refractivity contribution in [1.29, 1.82) is 0 Å². The molecule has 26 heavy (non-hydrogen) atoms. The summed E-state index contributed by atoms with van der Waals surface area (Å²) in [6.07, 6.45) is 1.24. The molecular weight excluding hydrogens is 420 g/mol. The van der Waals surface area contributed by atoms with Crippen molar-refractivity contribution in [2.45, 2.75) is 20.0 Å². The number of hydrazine groups is 1. The number of carbonyl (C=O) groups is 2. The van der Waals surface area contributed by atoms with E-state index in [1.165, 1.54) is 13.1 Å². The molecule has 14 nitrogen and oxygen atoms in total. The zero-order valence-electron chi connectivity index (χ0n) is 13.1. The van der Waals surface area contributed by atoms with Crippen LogP contribution in [0.3, 0.4) is 0 Å². The highest BCUT2D eigenvalue weighted by Crippen LogP contribution is 2.26. The number of nitro groups is 2. The summed E-state index contributed by atoms with van der Waals surface area (Å²) >= 11 is 3.02. The third-order valence-electron chi connectivity index (χ3n) is 3.04. The van der Waals surface area contributed by atoms with Gasteiger partial charge in [0.25, 0.3) is 11.8 Å². The highest BCUT2D eigenvalue weighted by Gasteiger charge is 2.24. The molecule has 2 aromatic heterocycles. The molecule has 2 rings (SSSR count). The maximum atomic E-state index is 11.8. The van der Waals surface area contributed by atoms with E-state index in [1.807, 2.05) is 0 Å². The van der Waals surface area contributed by atoms with Gasteiger partial charge in [-0.2, -0.15) is 9.36 Å². The minimum atomic E-state index is -0.708. The van der Waals surface area contributed by atoms with E-state index in [0.29, 0.717) is 5.69 Å². The molecule has 2 heterocycles. The summed E-state index contributed by atoms with van der Waals surface area (Å²) in [4.78, 5) is 43.4. The van der Waals surface area contributed by atoms with Crippen molar-refractivity contribution in [3.63, 3.8) is 0 Å². The van der Waals surface area contributed by atoms with Crippen LogP contribution >= 0.6 is 15.9 Å². The van der Waals surface area contributed by atoms with Gasteiger partial charge in [0, 0.05) is 0 Å². The van der Waals surface area contributed by atoms with Crippen LogP contribution in [-0.4, -0.2) is 41.2 Å². The molecule has 138 valence electrons. The van der Waals surface area contributed by atoms with E-state index >= 15 is 0 Å². The van der Waals surface area contributed by atoms with Crippen molar-refractivity contribution < 1.29 is 19.4 Å². The van der Waals surface area contributed by atoms with Gasteiger partial charge >= 0.3 is 11.6 Å². The number of aromatic nitrogens is 4. The van der Waals surface area contributed by atoms with Gasteiger partial charge in [0.15, 0.2) is 0 Å². The van der Waals surface area contributed by atoms with Crippen LogP contribution in [0.25, 0.3) is 0 Å². The number of hydrogen-bond donors (Lipinski definition) is 2. The number of rotatable bonds is 6. The molecule has 15 heteroatoms. The Kier molecular flexibility index (Phi) is 5.61. The number of nitrogens with one attached hydrogen (secondary N) is 2. The maximum Gasteiger partial charge on any atom is 0.404 e. The number of carbonyl (C=O) groups excluding carboxylic acids is 2. The summed E-state index contributed by atoms with van der Waals surface area (Å²) in [5.74, 6) is -2.21. The molecule has 0 aliphatic heterocycles. The van der Waals surface area contributed by atoms with Crippen LogP contribution in [-0.2, 0) is 22.7 Å². The van der Waals surface area contributed by atoms with Crippen LogP contribution in [0.2, 0.25) is 0 Å². The van der Waals surface area contributed by atoms with Gasteiger partial charge in [-0.15, -0.1) is 0 Å². The van der Waals surface area contributed by atoms with E-state index in [2.05, 4.69) is 37.0 Å². The first-order valence-electron chi connectivity index (χ1n) is 6.82. The minimum Gasteiger partial charge on any atom is -0.358 e. The molecule has 0 aliphatic carbocycles. The SMILES string of the molecule is Cc1c(Br)c([N+](=O)[O-])nn1CC(=O)NNC(=O)Cn1ccc([N+](=O)[O-])n1. The van der Waals surface area contributed by atoms with Gasteiger partial charge in [-0.3, -0.25) is 20.4 Å². The van der Waals surface area contributed by atoms with Gasteiger partial charge in [0.2, 0.25) is 0 Å². The summed E-state index contributed by atoms with van der Waals surface area (Å²) in [5.41, 5.74) is 4.57. The Hall–Kier alpha value is -3.36. The molecule has 2 amide bonds. The third-order valence-corrected chi connectivity index (χ3v) is 3.97. The fourth-order valence-electron chi connectivity index (χ4n) is 1.82. The second-order valence-corrected chi connectivity index (χ2v) is 5.66. The van der Waals surface area contributed by atoms with Crippen molar-refractivity contribution in [2.75, 3.05) is 0 Å². The lowest BCUT2D eigenvalue weighted by Gasteiger charge is -2.06. The average Bonchev–Trinajstić information content (AvgIpc) is 3.13. The Balaban J connectivity index is 1.88. The molecule has 0 fully saturated rings. The molecule has 0 bridgehead atoms. The fourth-order valence-corrected chi connectivity index (χ4v) is 2.25. The molecule has 2 aromatic rings. The maximum absolute atomic E-state index is 11.8. The summed E-state index contributed by atoms with van der Waals surface area (Å²) < 4.78 is 2.28. The Morgan fingerprint density at radius 1 is 1.15 bits per heavy atom. The second-order valence-electron chi connectivity index (χ2n) is 4.86. The second kappa shape index (κ2) is 7.68. The number of hydrogen-bond acceptors (Lipinski definition) is 8. The number of halogens is 1. The Labute approximate surface area is 152 Å². The monoisotopic (exact) mass is 430 g/mol. The Bertz CT molecular complexity index is 889. The van der Waals surface area contributed by atoms with Crippen LogP contribution in [0, 0.1) is 27.2 Å². The van der Waals surface area contributed by atoms with Crippen molar-refractivity contribution in [2.24, 2.45) is 0 Å². The molecule has 0 unspecified atom stereocenters. The highest BCUT2D eigenvalue weighted by atomic mass is 79.9. The first-order chi connectivity index (χ1) is 12.2. The van der Waals surface area contributed by atoms with Gasteiger partial charge < -0.3 is 20.2 Å². The first kappa shape index (κ1) is 19.0. The van der Waals surface area contributed by atoms with Crippen LogP contribution in [0.4, 0.5) is 11.6 Å². The van der Waals surface area contributed by atoms with Gasteiger partial charge in [0.1, 0.15) is 17.6 Å². The molecule has 0 radical (unpaired) electrons. The normalized spacial score (nSPS) is 10.4. The highest BCUT2D eigenvalue weighted by molar-refractivity contribution is 9.10. The fraction of sp³-hybridized carbons (Fsp3) is 0.273. The van der Waals surface area contributed by atoms with E-state index in [4.69, 9.17) is 0 Å². The van der Waals surface area contributed by atoms with Crippen molar-refractivity contribution >= 4 is 39.4 Å². The van der Waals surface area contributed by atoms with Crippen LogP contribution in [0.1, 0.15) is 5.69 Å². The van der Waals surface area contributed by atoms with Gasteiger partial charge in [-0.05, 0) is 32.7 Å². The molecule has 2 N–H and O–H groups in total. The molecule has 0 spiro atoms. The lowest BCUT2D eigenvalue weighted by Crippen LogP contribution is -2.44. The molecule has 0 saturated heterocycles. The smallest absolute Gasteiger partial charge is 0.358 e. The van der Waals surface area contributed by atoms with Gasteiger partial charge in [-0.25, -0.2) is 0 Å². The Morgan fingerprint density at radius 3 is 2.27 bits per heavy atom. The summed E-state index contributed by atoms with van der Waals surface area (Å²) in [6.45, 7) is 0.804. The standard InChI is InChI=1S/C11H11BrN8O6/c1-6-10(12)11(20(25)26)16-18(6)5-9(22)14-13-8(21)4-17-3-2-7(15-17)19(23)24/h2-3H,4-5H2,1H3,(H,13,21)(H,14,22). The molecular formula is C11H11BrN8O6. The zero-order chi connectivity index (χ0) is 19.4. The van der Waals surface area contributed by atoms with E-state index in [1.54, 1.807) is 0 Å². The lowest BCUT2D eigenvalue weighted by molar-refractivity contribution is -0.390. The third kappa shape index (κ3) is 4.38. The van der Waals surface area contributed by atoms with Crippen LogP contribution in [0.15, 0.2) is 16.7 Å². The summed E-state index contributed by atoms with van der Waals surface area (Å²) in [6, 6.07) is 1.12. The van der Waals surface area contributed by atoms with E-state index < -0.39 is 33.3 Å². The predicted octanol–water partition coefficient (Wildman–Crippen LogP) is -0.185. The van der Waals surface area contributed by atoms with Crippen LogP contribution in [0.5, 0.6) is 0 Å². The molecule has 0 saturated carbocycles. The number of nitrogens with zero attached hydrogens (tertiary/aromatic N) is 6. The molecule has 0 aliphatic rings. The van der Waals surface area contributed by atoms with E-state index in [-0.39, 0.29) is 17.6 Å². The lowest BCUT2D eigenvalue weighted by atomic mass is 10.4.